The van der Waals surface area contributed by atoms with E-state index < -0.39 is 0 Å². The zero-order chi connectivity index (χ0) is 19.1. The van der Waals surface area contributed by atoms with Crippen LogP contribution in [-0.4, -0.2) is 38.5 Å². The topological polar surface area (TPSA) is 93.8 Å². The maximum Gasteiger partial charge on any atom is 0.181 e. The van der Waals surface area contributed by atoms with Gasteiger partial charge in [-0.2, -0.15) is 5.26 Å². The quantitative estimate of drug-likeness (QED) is 0.496. The molecule has 140 valence electrons. The molecule has 1 fully saturated rings. The van der Waals surface area contributed by atoms with E-state index in [4.69, 9.17) is 21.8 Å². The van der Waals surface area contributed by atoms with Crippen molar-refractivity contribution in [3.05, 3.63) is 47.5 Å². The third-order valence-electron chi connectivity index (χ3n) is 5.19. The smallest absolute Gasteiger partial charge is 0.181 e. The van der Waals surface area contributed by atoms with Crippen molar-refractivity contribution in [2.24, 2.45) is 0 Å². The molecular weight excluding hydrogens is 374 g/mol. The lowest BCUT2D eigenvalue weighted by atomic mass is 10.1. The molecule has 0 radical (unpaired) electrons. The van der Waals surface area contributed by atoms with Crippen LogP contribution in [0.2, 0.25) is 5.15 Å². The van der Waals surface area contributed by atoms with E-state index in [1.807, 2.05) is 28.9 Å². The van der Waals surface area contributed by atoms with Crippen LogP contribution in [0.4, 0.5) is 5.82 Å². The van der Waals surface area contributed by atoms with Crippen molar-refractivity contribution in [2.75, 3.05) is 18.4 Å². The molecule has 0 aliphatic carbocycles. The van der Waals surface area contributed by atoms with Gasteiger partial charge in [-0.05, 0) is 31.5 Å². The number of imidazole rings is 1. The van der Waals surface area contributed by atoms with Crippen molar-refractivity contribution >= 4 is 34.0 Å². The summed E-state index contributed by atoms with van der Waals surface area (Å²) < 4.78 is 1.85. The molecule has 1 atom stereocenters. The van der Waals surface area contributed by atoms with Gasteiger partial charge in [0.25, 0.3) is 0 Å². The average molecular weight is 392 g/mol. The number of halogens is 1. The van der Waals surface area contributed by atoms with Crippen LogP contribution in [0.5, 0.6) is 0 Å². The van der Waals surface area contributed by atoms with Gasteiger partial charge in [0, 0.05) is 47.6 Å². The molecule has 0 amide bonds. The average Bonchev–Trinajstić information content (AvgIpc) is 3.38. The highest BCUT2D eigenvalue weighted by Crippen LogP contribution is 2.35. The molecule has 4 heterocycles. The molecule has 28 heavy (non-hydrogen) atoms. The molecular formula is C20H18ClN7. The van der Waals surface area contributed by atoms with Gasteiger partial charge >= 0.3 is 0 Å². The lowest BCUT2D eigenvalue weighted by Gasteiger charge is -2.24. The number of nitriles is 1. The second-order valence-corrected chi connectivity index (χ2v) is 7.34. The molecule has 5 rings (SSSR count). The van der Waals surface area contributed by atoms with Crippen LogP contribution in [-0.2, 0) is 0 Å². The van der Waals surface area contributed by atoms with E-state index in [2.05, 4.69) is 26.7 Å². The number of benzene rings is 1. The van der Waals surface area contributed by atoms with Crippen LogP contribution in [0, 0.1) is 11.3 Å². The molecule has 8 heteroatoms. The van der Waals surface area contributed by atoms with Crippen molar-refractivity contribution < 1.29 is 0 Å². The van der Waals surface area contributed by atoms with Gasteiger partial charge in [0.05, 0.1) is 11.6 Å². The number of aromatic nitrogens is 4. The molecule has 0 spiro atoms. The van der Waals surface area contributed by atoms with Crippen molar-refractivity contribution in [3.63, 3.8) is 0 Å². The Morgan fingerprint density at radius 1 is 1.36 bits per heavy atom. The first-order valence-electron chi connectivity index (χ1n) is 9.26. The SMILES string of the molecule is N#Cc1ccc2c(-c3nc(N[C@H]4CCCNC4)c4nccn4c3Cl)c[nH]c2c1. The number of nitrogens with zero attached hydrogens (tertiary/aromatic N) is 4. The Labute approximate surface area is 166 Å². The third-order valence-corrected chi connectivity index (χ3v) is 5.55. The monoisotopic (exact) mass is 391 g/mol. The Morgan fingerprint density at radius 3 is 3.11 bits per heavy atom. The number of hydrogen-bond donors (Lipinski definition) is 3. The fourth-order valence-corrected chi connectivity index (χ4v) is 4.07. The van der Waals surface area contributed by atoms with Crippen LogP contribution in [0.25, 0.3) is 27.8 Å². The van der Waals surface area contributed by atoms with Gasteiger partial charge < -0.3 is 15.6 Å². The van der Waals surface area contributed by atoms with E-state index in [1.54, 1.807) is 12.3 Å². The predicted molar refractivity (Wildman–Crippen MR) is 110 cm³/mol. The fraction of sp³-hybridized carbons (Fsp3) is 0.250. The zero-order valence-electron chi connectivity index (χ0n) is 15.0. The van der Waals surface area contributed by atoms with Crippen molar-refractivity contribution in [1.82, 2.24) is 24.7 Å². The maximum absolute atomic E-state index is 9.13. The molecule has 3 N–H and O–H groups in total. The van der Waals surface area contributed by atoms with Gasteiger partial charge in [0.15, 0.2) is 11.5 Å². The summed E-state index contributed by atoms with van der Waals surface area (Å²) in [4.78, 5) is 12.5. The molecule has 0 unspecified atom stereocenters. The summed E-state index contributed by atoms with van der Waals surface area (Å²) in [5, 5.41) is 17.6. The standard InChI is InChI=1S/C20H18ClN7/c21-18-17(15-11-25-16-8-12(9-22)3-4-14(15)16)27-19(20-24-6-7-28(18)20)26-13-2-1-5-23-10-13/h3-4,6-8,11,13,23,25H,1-2,5,10H2,(H,26,27)/t13-/m0/s1. The van der Waals surface area contributed by atoms with Gasteiger partial charge in [-0.1, -0.05) is 17.7 Å². The van der Waals surface area contributed by atoms with Gasteiger partial charge in [0.2, 0.25) is 0 Å². The molecule has 0 bridgehead atoms. The van der Waals surface area contributed by atoms with E-state index in [9.17, 15) is 0 Å². The minimum Gasteiger partial charge on any atom is -0.363 e. The molecule has 1 aliphatic heterocycles. The van der Waals surface area contributed by atoms with Crippen LogP contribution in [0.1, 0.15) is 18.4 Å². The van der Waals surface area contributed by atoms with Crippen LogP contribution in [0.3, 0.4) is 0 Å². The summed E-state index contributed by atoms with van der Waals surface area (Å²) in [5.74, 6) is 0.723. The van der Waals surface area contributed by atoms with Gasteiger partial charge in [-0.3, -0.25) is 4.40 Å². The number of H-pyrrole nitrogens is 1. The van der Waals surface area contributed by atoms with Crippen molar-refractivity contribution in [3.8, 4) is 17.3 Å². The number of aromatic amines is 1. The molecule has 7 nitrogen and oxygen atoms in total. The van der Waals surface area contributed by atoms with Crippen LogP contribution < -0.4 is 10.6 Å². The first-order valence-corrected chi connectivity index (χ1v) is 9.64. The summed E-state index contributed by atoms with van der Waals surface area (Å²) in [6.45, 7) is 1.95. The Morgan fingerprint density at radius 2 is 2.29 bits per heavy atom. The second kappa shape index (κ2) is 6.82. The summed E-state index contributed by atoms with van der Waals surface area (Å²) in [6.07, 6.45) is 7.67. The Balaban J connectivity index is 1.65. The van der Waals surface area contributed by atoms with Crippen LogP contribution in [0.15, 0.2) is 36.8 Å². The summed E-state index contributed by atoms with van der Waals surface area (Å²) in [5.41, 5.74) is 3.77. The number of anilines is 1. The van der Waals surface area contributed by atoms with Gasteiger partial charge in [-0.15, -0.1) is 0 Å². The largest absolute Gasteiger partial charge is 0.363 e. The predicted octanol–water partition coefficient (Wildman–Crippen LogP) is 3.57. The summed E-state index contributed by atoms with van der Waals surface area (Å²) in [7, 11) is 0. The lowest BCUT2D eigenvalue weighted by molar-refractivity contribution is 0.479. The number of hydrogen-bond acceptors (Lipinski definition) is 5. The minimum atomic E-state index is 0.303. The highest BCUT2D eigenvalue weighted by molar-refractivity contribution is 6.32. The number of rotatable bonds is 3. The van der Waals surface area contributed by atoms with E-state index in [1.165, 1.54) is 0 Å². The normalized spacial score (nSPS) is 17.1. The van der Waals surface area contributed by atoms with E-state index in [0.717, 1.165) is 48.2 Å². The highest BCUT2D eigenvalue weighted by Gasteiger charge is 2.20. The molecule has 0 saturated carbocycles. The lowest BCUT2D eigenvalue weighted by Crippen LogP contribution is -2.38. The van der Waals surface area contributed by atoms with Gasteiger partial charge in [-0.25, -0.2) is 9.97 Å². The zero-order valence-corrected chi connectivity index (χ0v) is 15.8. The number of fused-ring (bicyclic) bond motifs is 2. The van der Waals surface area contributed by atoms with Crippen molar-refractivity contribution in [1.29, 1.82) is 5.26 Å². The van der Waals surface area contributed by atoms with Gasteiger partial charge in [0.1, 0.15) is 10.8 Å². The number of piperidine rings is 1. The van der Waals surface area contributed by atoms with E-state index in [-0.39, 0.29) is 0 Å². The summed E-state index contributed by atoms with van der Waals surface area (Å²) >= 11 is 6.70. The maximum atomic E-state index is 9.13. The molecule has 1 saturated heterocycles. The molecule has 3 aromatic heterocycles. The molecule has 1 aromatic carbocycles. The summed E-state index contributed by atoms with van der Waals surface area (Å²) in [6, 6.07) is 8.02. The van der Waals surface area contributed by atoms with E-state index in [0.29, 0.717) is 28.1 Å². The first-order chi connectivity index (χ1) is 13.7. The van der Waals surface area contributed by atoms with Crippen molar-refractivity contribution in [2.45, 2.75) is 18.9 Å². The fourth-order valence-electron chi connectivity index (χ4n) is 3.79. The molecule has 1 aliphatic rings. The Bertz CT molecular complexity index is 1210. The first kappa shape index (κ1) is 17.0. The van der Waals surface area contributed by atoms with Crippen LogP contribution >= 0.6 is 11.6 Å². The Hall–Kier alpha value is -3.08. The minimum absolute atomic E-state index is 0.303. The molecule has 4 aromatic rings. The Kier molecular flexibility index (Phi) is 4.15. The third kappa shape index (κ3) is 2.78. The number of nitrogens with one attached hydrogen (secondary N) is 3. The van der Waals surface area contributed by atoms with E-state index >= 15 is 0 Å². The highest BCUT2D eigenvalue weighted by atomic mass is 35.5. The second-order valence-electron chi connectivity index (χ2n) is 6.98.